The topological polar surface area (TPSA) is 38.3 Å². The number of ether oxygens (including phenoxy) is 1. The minimum atomic E-state index is -0.734. The fourth-order valence-corrected chi connectivity index (χ4v) is 2.52. The van der Waals surface area contributed by atoms with Gasteiger partial charge in [0.1, 0.15) is 11.6 Å². The SMILES string of the molecule is CC(C)(NC(=O)COc1ccccc1)c1ccc(F)cc1Cl. The van der Waals surface area contributed by atoms with Crippen molar-refractivity contribution in [1.82, 2.24) is 5.32 Å². The Morgan fingerprint density at radius 3 is 2.55 bits per heavy atom. The molecule has 0 saturated heterocycles. The van der Waals surface area contributed by atoms with Crippen molar-refractivity contribution in [1.29, 1.82) is 0 Å². The zero-order valence-corrected chi connectivity index (χ0v) is 13.2. The highest BCUT2D eigenvalue weighted by Gasteiger charge is 2.25. The highest BCUT2D eigenvalue weighted by Crippen LogP contribution is 2.28. The fraction of sp³-hybridized carbons (Fsp3) is 0.235. The zero-order valence-electron chi connectivity index (χ0n) is 12.4. The van der Waals surface area contributed by atoms with E-state index in [1.165, 1.54) is 12.1 Å². The van der Waals surface area contributed by atoms with Gasteiger partial charge in [-0.05, 0) is 43.7 Å². The molecule has 0 spiro atoms. The lowest BCUT2D eigenvalue weighted by molar-refractivity contribution is -0.124. The number of carbonyl (C=O) groups excluding carboxylic acids is 1. The van der Waals surface area contributed by atoms with Gasteiger partial charge >= 0.3 is 0 Å². The molecule has 2 aromatic carbocycles. The Kier molecular flexibility index (Phi) is 5.03. The molecule has 0 heterocycles. The van der Waals surface area contributed by atoms with Crippen molar-refractivity contribution in [2.45, 2.75) is 19.4 Å². The minimum Gasteiger partial charge on any atom is -0.484 e. The Bertz CT molecular complexity index is 659. The third-order valence-corrected chi connectivity index (χ3v) is 3.48. The number of hydrogen-bond acceptors (Lipinski definition) is 2. The molecule has 0 aliphatic carbocycles. The van der Waals surface area contributed by atoms with E-state index < -0.39 is 11.4 Å². The molecule has 0 aliphatic heterocycles. The number of rotatable bonds is 5. The predicted molar refractivity (Wildman–Crippen MR) is 84.5 cm³/mol. The van der Waals surface area contributed by atoms with Crippen LogP contribution in [0.1, 0.15) is 19.4 Å². The molecule has 1 N–H and O–H groups in total. The first-order valence-corrected chi connectivity index (χ1v) is 7.21. The summed E-state index contributed by atoms with van der Waals surface area (Å²) in [6.45, 7) is 3.49. The van der Waals surface area contributed by atoms with Crippen LogP contribution in [0.4, 0.5) is 4.39 Å². The second-order valence-electron chi connectivity index (χ2n) is 5.40. The van der Waals surface area contributed by atoms with Crippen molar-refractivity contribution >= 4 is 17.5 Å². The van der Waals surface area contributed by atoms with Gasteiger partial charge in [0.15, 0.2) is 6.61 Å². The summed E-state index contributed by atoms with van der Waals surface area (Å²) in [4.78, 5) is 12.0. The van der Waals surface area contributed by atoms with Crippen molar-refractivity contribution in [3.8, 4) is 5.75 Å². The highest BCUT2D eigenvalue weighted by molar-refractivity contribution is 6.31. The molecule has 0 saturated carbocycles. The molecule has 0 aromatic heterocycles. The van der Waals surface area contributed by atoms with E-state index in [0.717, 1.165) is 0 Å². The molecular weight excluding hydrogens is 305 g/mol. The normalized spacial score (nSPS) is 11.1. The third kappa shape index (κ3) is 4.21. The van der Waals surface area contributed by atoms with E-state index in [9.17, 15) is 9.18 Å². The molecule has 5 heteroatoms. The molecule has 3 nitrogen and oxygen atoms in total. The van der Waals surface area contributed by atoms with Crippen LogP contribution in [-0.2, 0) is 10.3 Å². The number of halogens is 2. The van der Waals surface area contributed by atoms with Gasteiger partial charge in [-0.25, -0.2) is 4.39 Å². The van der Waals surface area contributed by atoms with E-state index in [2.05, 4.69) is 5.32 Å². The van der Waals surface area contributed by atoms with Crippen molar-refractivity contribution < 1.29 is 13.9 Å². The molecule has 2 aromatic rings. The summed E-state index contributed by atoms with van der Waals surface area (Å²) in [6, 6.07) is 13.2. The van der Waals surface area contributed by atoms with Crippen LogP contribution in [-0.4, -0.2) is 12.5 Å². The number of hydrogen-bond donors (Lipinski definition) is 1. The molecule has 22 heavy (non-hydrogen) atoms. The quantitative estimate of drug-likeness (QED) is 0.906. The van der Waals surface area contributed by atoms with Crippen LogP contribution in [0.25, 0.3) is 0 Å². The third-order valence-electron chi connectivity index (χ3n) is 3.17. The largest absolute Gasteiger partial charge is 0.484 e. The maximum Gasteiger partial charge on any atom is 0.258 e. The van der Waals surface area contributed by atoms with Gasteiger partial charge in [0.25, 0.3) is 5.91 Å². The first-order chi connectivity index (χ1) is 10.4. The molecule has 2 rings (SSSR count). The van der Waals surface area contributed by atoms with Gasteiger partial charge in [0.2, 0.25) is 0 Å². The summed E-state index contributed by atoms with van der Waals surface area (Å²) < 4.78 is 18.5. The van der Waals surface area contributed by atoms with Crippen LogP contribution < -0.4 is 10.1 Å². The molecule has 0 unspecified atom stereocenters. The van der Waals surface area contributed by atoms with Gasteiger partial charge in [0.05, 0.1) is 5.54 Å². The van der Waals surface area contributed by atoms with Crippen LogP contribution in [0.15, 0.2) is 48.5 Å². The van der Waals surface area contributed by atoms with Crippen molar-refractivity contribution in [2.24, 2.45) is 0 Å². The average Bonchev–Trinajstić information content (AvgIpc) is 2.45. The Balaban J connectivity index is 2.00. The number of carbonyl (C=O) groups is 1. The van der Waals surface area contributed by atoms with Crippen molar-refractivity contribution in [2.75, 3.05) is 6.61 Å². The molecule has 0 aliphatic rings. The minimum absolute atomic E-state index is 0.105. The smallest absolute Gasteiger partial charge is 0.258 e. The fourth-order valence-electron chi connectivity index (χ4n) is 2.11. The van der Waals surface area contributed by atoms with Gasteiger partial charge in [-0.1, -0.05) is 35.9 Å². The summed E-state index contributed by atoms with van der Waals surface area (Å²) in [5, 5.41) is 3.10. The number of nitrogens with one attached hydrogen (secondary N) is 1. The average molecular weight is 322 g/mol. The lowest BCUT2D eigenvalue weighted by atomic mass is 9.94. The van der Waals surface area contributed by atoms with Crippen molar-refractivity contribution in [3.63, 3.8) is 0 Å². The summed E-state index contributed by atoms with van der Waals surface area (Å²) >= 11 is 6.05. The van der Waals surface area contributed by atoms with Gasteiger partial charge in [-0.3, -0.25) is 4.79 Å². The molecule has 0 atom stereocenters. The summed E-state index contributed by atoms with van der Waals surface area (Å²) in [6.07, 6.45) is 0. The van der Waals surface area contributed by atoms with Crippen LogP contribution >= 0.6 is 11.6 Å². The summed E-state index contributed by atoms with van der Waals surface area (Å²) in [7, 11) is 0. The van der Waals surface area contributed by atoms with Gasteiger partial charge < -0.3 is 10.1 Å². The number of benzene rings is 2. The van der Waals surface area contributed by atoms with Gasteiger partial charge in [-0.2, -0.15) is 0 Å². The zero-order chi connectivity index (χ0) is 16.2. The molecular formula is C17H17ClFNO2. The summed E-state index contributed by atoms with van der Waals surface area (Å²) in [5.41, 5.74) is -0.0920. The Hall–Kier alpha value is -2.07. The first kappa shape index (κ1) is 16.3. The van der Waals surface area contributed by atoms with E-state index in [1.807, 2.05) is 18.2 Å². The first-order valence-electron chi connectivity index (χ1n) is 6.83. The molecule has 0 radical (unpaired) electrons. The van der Waals surface area contributed by atoms with E-state index in [-0.39, 0.29) is 17.5 Å². The number of para-hydroxylation sites is 1. The molecule has 0 fully saturated rings. The van der Waals surface area contributed by atoms with Gasteiger partial charge in [-0.15, -0.1) is 0 Å². The summed E-state index contributed by atoms with van der Waals surface area (Å²) in [5.74, 6) is -0.0761. The van der Waals surface area contributed by atoms with Crippen LogP contribution in [0.2, 0.25) is 5.02 Å². The molecule has 1 amide bonds. The van der Waals surface area contributed by atoms with E-state index in [1.54, 1.807) is 32.0 Å². The predicted octanol–water partition coefficient (Wildman–Crippen LogP) is 3.91. The maximum absolute atomic E-state index is 13.1. The van der Waals surface area contributed by atoms with E-state index in [0.29, 0.717) is 11.3 Å². The molecule has 0 bridgehead atoms. The monoisotopic (exact) mass is 321 g/mol. The lowest BCUT2D eigenvalue weighted by Crippen LogP contribution is -2.43. The Morgan fingerprint density at radius 1 is 1.23 bits per heavy atom. The van der Waals surface area contributed by atoms with Crippen LogP contribution in [0, 0.1) is 5.82 Å². The Morgan fingerprint density at radius 2 is 1.91 bits per heavy atom. The molecule has 116 valence electrons. The maximum atomic E-state index is 13.1. The van der Waals surface area contributed by atoms with E-state index >= 15 is 0 Å². The highest BCUT2D eigenvalue weighted by atomic mass is 35.5. The van der Waals surface area contributed by atoms with Gasteiger partial charge in [0, 0.05) is 5.02 Å². The second-order valence-corrected chi connectivity index (χ2v) is 5.81. The standard InChI is InChI=1S/C17H17ClFNO2/c1-17(2,14-9-8-12(19)10-15(14)18)20-16(21)11-22-13-6-4-3-5-7-13/h3-10H,11H2,1-2H3,(H,20,21). The van der Waals surface area contributed by atoms with Crippen molar-refractivity contribution in [3.05, 3.63) is 64.9 Å². The Labute approximate surface area is 134 Å². The number of amides is 1. The lowest BCUT2D eigenvalue weighted by Gasteiger charge is -2.28. The van der Waals surface area contributed by atoms with Crippen LogP contribution in [0.3, 0.4) is 0 Å². The second kappa shape index (κ2) is 6.79. The van der Waals surface area contributed by atoms with E-state index in [4.69, 9.17) is 16.3 Å². The van der Waals surface area contributed by atoms with Crippen LogP contribution in [0.5, 0.6) is 5.75 Å².